The molecule has 0 radical (unpaired) electrons. The maximum absolute atomic E-state index is 11.8. The summed E-state index contributed by atoms with van der Waals surface area (Å²) < 4.78 is 5.88. The van der Waals surface area contributed by atoms with E-state index >= 15 is 0 Å². The highest BCUT2D eigenvalue weighted by molar-refractivity contribution is 9.10. The van der Waals surface area contributed by atoms with Crippen LogP contribution in [0.25, 0.3) is 0 Å². The molecule has 1 aliphatic rings. The van der Waals surface area contributed by atoms with Crippen molar-refractivity contribution in [3.63, 3.8) is 0 Å². The van der Waals surface area contributed by atoms with Gasteiger partial charge in [0.25, 0.3) is 5.91 Å². The summed E-state index contributed by atoms with van der Waals surface area (Å²) >= 11 is 3.23. The van der Waals surface area contributed by atoms with Crippen molar-refractivity contribution in [3.05, 3.63) is 28.2 Å². The Bertz CT molecular complexity index is 430. The molecule has 0 heterocycles. The number of carbonyl (C=O) groups excluding carboxylic acids is 1. The van der Waals surface area contributed by atoms with Gasteiger partial charge in [0, 0.05) is 17.6 Å². The van der Waals surface area contributed by atoms with E-state index in [4.69, 9.17) is 4.74 Å². The summed E-state index contributed by atoms with van der Waals surface area (Å²) in [5.74, 6) is -0.256. The highest BCUT2D eigenvalue weighted by Crippen LogP contribution is 2.25. The largest absolute Gasteiger partial charge is 0.507 e. The molecular weight excluding hydrogens is 286 g/mol. The fourth-order valence-electron chi connectivity index (χ4n) is 1.84. The summed E-state index contributed by atoms with van der Waals surface area (Å²) in [6.45, 7) is 0. The number of carbonyl (C=O) groups is 1. The average Bonchev–Trinajstić information content (AvgIpc) is 2.22. The molecule has 1 fully saturated rings. The van der Waals surface area contributed by atoms with Gasteiger partial charge in [-0.2, -0.15) is 0 Å². The Morgan fingerprint density at radius 3 is 2.82 bits per heavy atom. The van der Waals surface area contributed by atoms with Crippen molar-refractivity contribution >= 4 is 21.8 Å². The first-order valence-corrected chi connectivity index (χ1v) is 6.21. The van der Waals surface area contributed by atoms with Gasteiger partial charge in [0.2, 0.25) is 0 Å². The van der Waals surface area contributed by atoms with E-state index in [1.807, 2.05) is 0 Å². The van der Waals surface area contributed by atoms with Gasteiger partial charge < -0.3 is 15.2 Å². The third-order valence-corrected chi connectivity index (χ3v) is 3.46. The molecule has 2 rings (SSSR count). The van der Waals surface area contributed by atoms with Crippen molar-refractivity contribution in [1.82, 2.24) is 5.32 Å². The van der Waals surface area contributed by atoms with Gasteiger partial charge in [-0.1, -0.05) is 15.9 Å². The summed E-state index contributed by atoms with van der Waals surface area (Å²) in [7, 11) is 1.67. The van der Waals surface area contributed by atoms with Crippen molar-refractivity contribution in [2.75, 3.05) is 7.11 Å². The zero-order chi connectivity index (χ0) is 12.4. The van der Waals surface area contributed by atoms with E-state index in [1.165, 1.54) is 6.07 Å². The fraction of sp³-hybridized carbons (Fsp3) is 0.417. The summed E-state index contributed by atoms with van der Waals surface area (Å²) in [4.78, 5) is 11.8. The number of amides is 1. The number of halogens is 1. The van der Waals surface area contributed by atoms with Gasteiger partial charge in [-0.3, -0.25) is 4.79 Å². The fourth-order valence-corrected chi connectivity index (χ4v) is 2.18. The van der Waals surface area contributed by atoms with E-state index in [2.05, 4.69) is 21.2 Å². The Hall–Kier alpha value is -1.07. The number of ether oxygens (including phenoxy) is 1. The van der Waals surface area contributed by atoms with Crippen LogP contribution < -0.4 is 5.32 Å². The second-order valence-electron chi connectivity index (χ2n) is 4.16. The van der Waals surface area contributed by atoms with E-state index in [-0.39, 0.29) is 23.8 Å². The van der Waals surface area contributed by atoms with Gasteiger partial charge in [0.05, 0.1) is 11.7 Å². The summed E-state index contributed by atoms with van der Waals surface area (Å²) in [5.41, 5.74) is 0.300. The number of rotatable bonds is 3. The highest BCUT2D eigenvalue weighted by Gasteiger charge is 2.30. The molecule has 1 aliphatic carbocycles. The van der Waals surface area contributed by atoms with Crippen LogP contribution in [0.2, 0.25) is 0 Å². The number of hydrogen-bond donors (Lipinski definition) is 2. The minimum absolute atomic E-state index is 0.0144. The Kier molecular flexibility index (Phi) is 3.69. The second kappa shape index (κ2) is 5.06. The van der Waals surface area contributed by atoms with E-state index in [0.29, 0.717) is 5.56 Å². The first kappa shape index (κ1) is 12.4. The molecule has 1 aromatic carbocycles. The second-order valence-corrected chi connectivity index (χ2v) is 5.08. The topological polar surface area (TPSA) is 58.6 Å². The molecule has 17 heavy (non-hydrogen) atoms. The third-order valence-electron chi connectivity index (χ3n) is 2.97. The van der Waals surface area contributed by atoms with Crippen molar-refractivity contribution < 1.29 is 14.6 Å². The molecular formula is C12H14BrNO3. The first-order valence-electron chi connectivity index (χ1n) is 5.42. The van der Waals surface area contributed by atoms with Gasteiger partial charge in [-0.15, -0.1) is 0 Å². The predicted molar refractivity (Wildman–Crippen MR) is 67.1 cm³/mol. The summed E-state index contributed by atoms with van der Waals surface area (Å²) in [6.07, 6.45) is 1.91. The minimum Gasteiger partial charge on any atom is -0.507 e. The van der Waals surface area contributed by atoms with Crippen molar-refractivity contribution in [2.45, 2.75) is 25.0 Å². The molecule has 4 nitrogen and oxygen atoms in total. The molecule has 0 bridgehead atoms. The smallest absolute Gasteiger partial charge is 0.255 e. The Morgan fingerprint density at radius 2 is 2.24 bits per heavy atom. The standard InChI is InChI=1S/C12H14BrNO3/c1-17-9-5-8(6-9)14-12(16)10-3-2-7(13)4-11(10)15/h2-4,8-9,15H,5-6H2,1H3,(H,14,16). The van der Waals surface area contributed by atoms with Crippen molar-refractivity contribution in [3.8, 4) is 5.75 Å². The molecule has 1 amide bonds. The van der Waals surface area contributed by atoms with E-state index < -0.39 is 0 Å². The molecule has 0 saturated heterocycles. The Morgan fingerprint density at radius 1 is 1.53 bits per heavy atom. The normalized spacial score (nSPS) is 22.9. The lowest BCUT2D eigenvalue weighted by Crippen LogP contribution is -2.47. The number of nitrogens with one attached hydrogen (secondary N) is 1. The SMILES string of the molecule is COC1CC(NC(=O)c2ccc(Br)cc2O)C1. The number of methoxy groups -OCH3 is 1. The average molecular weight is 300 g/mol. The van der Waals surface area contributed by atoms with Crippen LogP contribution in [0.3, 0.4) is 0 Å². The van der Waals surface area contributed by atoms with E-state index in [9.17, 15) is 9.90 Å². The van der Waals surface area contributed by atoms with Gasteiger partial charge >= 0.3 is 0 Å². The van der Waals surface area contributed by atoms with E-state index in [0.717, 1.165) is 17.3 Å². The Labute approximate surface area is 108 Å². The van der Waals surface area contributed by atoms with Gasteiger partial charge in [0.15, 0.2) is 0 Å². The number of benzene rings is 1. The molecule has 92 valence electrons. The van der Waals surface area contributed by atoms with Crippen LogP contribution in [0.4, 0.5) is 0 Å². The zero-order valence-corrected chi connectivity index (χ0v) is 11.0. The molecule has 5 heteroatoms. The summed E-state index contributed by atoms with van der Waals surface area (Å²) in [5, 5.41) is 12.5. The summed E-state index contributed by atoms with van der Waals surface area (Å²) in [6, 6.07) is 4.98. The lowest BCUT2D eigenvalue weighted by molar-refractivity contribution is 0.0176. The number of phenolic OH excluding ortho intramolecular Hbond substituents is 1. The predicted octanol–water partition coefficient (Wildman–Crippen LogP) is 2.06. The quantitative estimate of drug-likeness (QED) is 0.898. The van der Waals surface area contributed by atoms with Crippen molar-refractivity contribution in [1.29, 1.82) is 0 Å². The molecule has 0 atom stereocenters. The van der Waals surface area contributed by atoms with Crippen LogP contribution in [-0.2, 0) is 4.74 Å². The minimum atomic E-state index is -0.241. The van der Waals surface area contributed by atoms with Crippen LogP contribution in [0.1, 0.15) is 23.2 Å². The molecule has 1 aromatic rings. The van der Waals surface area contributed by atoms with Crippen molar-refractivity contribution in [2.24, 2.45) is 0 Å². The maximum Gasteiger partial charge on any atom is 0.255 e. The molecule has 0 unspecified atom stereocenters. The Balaban J connectivity index is 1.96. The molecule has 2 N–H and O–H groups in total. The lowest BCUT2D eigenvalue weighted by Gasteiger charge is -2.34. The van der Waals surface area contributed by atoms with Gasteiger partial charge in [0.1, 0.15) is 5.75 Å². The van der Waals surface area contributed by atoms with Gasteiger partial charge in [-0.25, -0.2) is 0 Å². The number of hydrogen-bond acceptors (Lipinski definition) is 3. The number of phenols is 1. The van der Waals surface area contributed by atoms with Crippen LogP contribution in [0.15, 0.2) is 22.7 Å². The number of aromatic hydroxyl groups is 1. The molecule has 0 spiro atoms. The monoisotopic (exact) mass is 299 g/mol. The molecule has 0 aliphatic heterocycles. The van der Waals surface area contributed by atoms with Crippen LogP contribution in [0, 0.1) is 0 Å². The van der Waals surface area contributed by atoms with Gasteiger partial charge in [-0.05, 0) is 31.0 Å². The lowest BCUT2D eigenvalue weighted by atomic mass is 9.89. The third kappa shape index (κ3) is 2.79. The molecule has 0 aromatic heterocycles. The van der Waals surface area contributed by atoms with E-state index in [1.54, 1.807) is 19.2 Å². The molecule has 1 saturated carbocycles. The van der Waals surface area contributed by atoms with Crippen LogP contribution in [-0.4, -0.2) is 30.3 Å². The zero-order valence-electron chi connectivity index (χ0n) is 9.44. The first-order chi connectivity index (χ1) is 8.10. The highest BCUT2D eigenvalue weighted by atomic mass is 79.9. The van der Waals surface area contributed by atoms with Crippen LogP contribution >= 0.6 is 15.9 Å². The maximum atomic E-state index is 11.8. The van der Waals surface area contributed by atoms with Crippen LogP contribution in [0.5, 0.6) is 5.75 Å².